The van der Waals surface area contributed by atoms with Crippen LogP contribution in [0.2, 0.25) is 0 Å². The summed E-state index contributed by atoms with van der Waals surface area (Å²) in [6.07, 6.45) is 1.22. The highest BCUT2D eigenvalue weighted by atomic mass is 16.6. The Morgan fingerprint density at radius 2 is 2.10 bits per heavy atom. The number of hydrogen-bond acceptors (Lipinski definition) is 3. The van der Waals surface area contributed by atoms with Crippen LogP contribution < -0.4 is 5.32 Å². The molecule has 0 bridgehead atoms. The Morgan fingerprint density at radius 1 is 1.40 bits per heavy atom. The lowest BCUT2D eigenvalue weighted by molar-refractivity contribution is 0.0512. The highest BCUT2D eigenvalue weighted by Gasteiger charge is 2.27. The normalized spacial score (nSPS) is 16.8. The van der Waals surface area contributed by atoms with Gasteiger partial charge in [0.05, 0.1) is 6.04 Å². The predicted molar refractivity (Wildman–Crippen MR) is 75.7 cm³/mol. The molecule has 1 N–H and O–H groups in total. The van der Waals surface area contributed by atoms with E-state index < -0.39 is 17.7 Å². The number of alkyl carbamates (subject to hydrolysis) is 1. The molecule has 0 radical (unpaired) electrons. The Kier molecular flexibility index (Phi) is 3.68. The fourth-order valence-corrected chi connectivity index (χ4v) is 2.02. The van der Waals surface area contributed by atoms with Crippen LogP contribution in [0, 0.1) is 0 Å². The van der Waals surface area contributed by atoms with Gasteiger partial charge in [-0.05, 0) is 43.5 Å². The first-order valence-electron chi connectivity index (χ1n) is 6.26. The number of azide groups is 1. The van der Waals surface area contributed by atoms with Crippen LogP contribution in [0.5, 0.6) is 0 Å². The van der Waals surface area contributed by atoms with Crippen LogP contribution in [0.3, 0.4) is 0 Å². The van der Waals surface area contributed by atoms with Crippen LogP contribution in [0.4, 0.5) is 4.79 Å². The first-order chi connectivity index (χ1) is 9.40. The maximum absolute atomic E-state index is 11.9. The second-order valence-electron chi connectivity index (χ2n) is 5.47. The summed E-state index contributed by atoms with van der Waals surface area (Å²) in [5.41, 5.74) is 10.3. The fourth-order valence-electron chi connectivity index (χ4n) is 2.02. The summed E-state index contributed by atoms with van der Waals surface area (Å²) in [6.45, 7) is 5.37. The number of nitrogens with one attached hydrogen (secondary N) is 1. The molecule has 0 saturated heterocycles. The number of amides is 1. The Balaban J connectivity index is 2.23. The number of benzene rings is 1. The lowest BCUT2D eigenvalue weighted by atomic mass is 10.1. The number of nitrogens with zero attached hydrogens (tertiary/aromatic N) is 3. The van der Waals surface area contributed by atoms with E-state index in [1.807, 2.05) is 24.3 Å². The molecule has 0 saturated carbocycles. The van der Waals surface area contributed by atoms with E-state index in [0.717, 1.165) is 11.1 Å². The fraction of sp³-hybridized carbons (Fsp3) is 0.357. The number of hydrogen-bond donors (Lipinski definition) is 1. The molecule has 0 spiro atoms. The summed E-state index contributed by atoms with van der Waals surface area (Å²) in [7, 11) is 0. The summed E-state index contributed by atoms with van der Waals surface area (Å²) < 4.78 is 5.23. The molecular formula is C14H16N4O2. The molecule has 20 heavy (non-hydrogen) atoms. The minimum atomic E-state index is -0.579. The highest BCUT2D eigenvalue weighted by Crippen LogP contribution is 2.35. The zero-order chi connectivity index (χ0) is 14.8. The van der Waals surface area contributed by atoms with E-state index in [1.54, 1.807) is 26.8 Å². The molecule has 0 aliphatic heterocycles. The molecule has 1 aliphatic carbocycles. The van der Waals surface area contributed by atoms with Crippen molar-refractivity contribution in [2.75, 3.05) is 0 Å². The van der Waals surface area contributed by atoms with Gasteiger partial charge in [0.2, 0.25) is 0 Å². The van der Waals surface area contributed by atoms with Gasteiger partial charge in [-0.15, -0.1) is 0 Å². The minimum absolute atomic E-state index is 0.458. The molecule has 6 nitrogen and oxygen atoms in total. The van der Waals surface area contributed by atoms with E-state index in [9.17, 15) is 4.79 Å². The highest BCUT2D eigenvalue weighted by molar-refractivity contribution is 5.73. The number of ether oxygens (including phenoxy) is 1. The van der Waals surface area contributed by atoms with E-state index in [0.29, 0.717) is 5.70 Å². The Morgan fingerprint density at radius 3 is 2.75 bits per heavy atom. The maximum Gasteiger partial charge on any atom is 0.408 e. The lowest BCUT2D eigenvalue weighted by Gasteiger charge is -2.22. The number of carbonyl (C=O) groups excluding carboxylic acids is 1. The van der Waals surface area contributed by atoms with E-state index in [4.69, 9.17) is 10.3 Å². The third-order valence-corrected chi connectivity index (χ3v) is 2.73. The zero-order valence-corrected chi connectivity index (χ0v) is 11.6. The van der Waals surface area contributed by atoms with Crippen molar-refractivity contribution in [1.82, 2.24) is 5.32 Å². The molecule has 0 aromatic heterocycles. The SMILES string of the molecule is CC(C)(C)OC(=O)NC1C(N=[N+]=[N-])=Cc2ccccc21. The smallest absolute Gasteiger partial charge is 0.408 e. The van der Waals surface area contributed by atoms with Crippen molar-refractivity contribution in [2.45, 2.75) is 32.4 Å². The summed E-state index contributed by atoms with van der Waals surface area (Å²) in [5, 5.41) is 6.37. The topological polar surface area (TPSA) is 87.1 Å². The van der Waals surface area contributed by atoms with Gasteiger partial charge in [-0.2, -0.15) is 0 Å². The second kappa shape index (κ2) is 5.27. The van der Waals surface area contributed by atoms with Gasteiger partial charge in [0.15, 0.2) is 0 Å². The van der Waals surface area contributed by atoms with E-state index >= 15 is 0 Å². The summed E-state index contributed by atoms with van der Waals surface area (Å²) >= 11 is 0. The van der Waals surface area contributed by atoms with Gasteiger partial charge in [-0.3, -0.25) is 0 Å². The van der Waals surface area contributed by atoms with Gasteiger partial charge in [0.25, 0.3) is 0 Å². The molecule has 2 rings (SSSR count). The van der Waals surface area contributed by atoms with Crippen molar-refractivity contribution in [1.29, 1.82) is 0 Å². The first-order valence-corrected chi connectivity index (χ1v) is 6.26. The third kappa shape index (κ3) is 3.10. The predicted octanol–water partition coefficient (Wildman–Crippen LogP) is 3.92. The largest absolute Gasteiger partial charge is 0.444 e. The van der Waals surface area contributed by atoms with Crippen molar-refractivity contribution in [3.05, 3.63) is 51.5 Å². The van der Waals surface area contributed by atoms with Gasteiger partial charge in [-0.25, -0.2) is 4.79 Å². The third-order valence-electron chi connectivity index (χ3n) is 2.73. The molecular weight excluding hydrogens is 256 g/mol. The van der Waals surface area contributed by atoms with Crippen molar-refractivity contribution in [3.63, 3.8) is 0 Å². The second-order valence-corrected chi connectivity index (χ2v) is 5.47. The van der Waals surface area contributed by atoms with Gasteiger partial charge in [0, 0.05) is 10.6 Å². The zero-order valence-electron chi connectivity index (χ0n) is 11.6. The monoisotopic (exact) mass is 272 g/mol. The van der Waals surface area contributed by atoms with E-state index in [2.05, 4.69) is 15.3 Å². The first kappa shape index (κ1) is 14.0. The van der Waals surface area contributed by atoms with Crippen molar-refractivity contribution in [2.24, 2.45) is 5.11 Å². The molecule has 1 aromatic rings. The number of rotatable bonds is 2. The van der Waals surface area contributed by atoms with Gasteiger partial charge in [0.1, 0.15) is 5.60 Å². The van der Waals surface area contributed by atoms with Gasteiger partial charge < -0.3 is 10.1 Å². The van der Waals surface area contributed by atoms with Crippen molar-refractivity contribution in [3.8, 4) is 0 Å². The molecule has 6 heteroatoms. The molecule has 1 aromatic carbocycles. The van der Waals surface area contributed by atoms with Crippen molar-refractivity contribution < 1.29 is 9.53 Å². The summed E-state index contributed by atoms with van der Waals surface area (Å²) in [6, 6.07) is 7.07. The molecule has 1 aliphatic rings. The summed E-state index contributed by atoms with van der Waals surface area (Å²) in [5.74, 6) is 0. The molecule has 0 heterocycles. The van der Waals surface area contributed by atoms with Crippen LogP contribution in [0.15, 0.2) is 35.1 Å². The summed E-state index contributed by atoms with van der Waals surface area (Å²) in [4.78, 5) is 14.7. The molecule has 1 unspecified atom stereocenters. The minimum Gasteiger partial charge on any atom is -0.444 e. The van der Waals surface area contributed by atoms with Crippen LogP contribution in [0.1, 0.15) is 37.9 Å². The standard InChI is InChI=1S/C14H16N4O2/c1-14(2,3)20-13(19)16-12-10-7-5-4-6-9(10)8-11(12)17-18-15/h4-8,12H,1-3H3,(H,16,19). The average Bonchev–Trinajstić information content (AvgIpc) is 2.66. The quantitative estimate of drug-likeness (QED) is 0.502. The number of fused-ring (bicyclic) bond motifs is 1. The van der Waals surface area contributed by atoms with Crippen LogP contribution in [-0.2, 0) is 4.74 Å². The maximum atomic E-state index is 11.9. The molecule has 104 valence electrons. The van der Waals surface area contributed by atoms with E-state index in [1.165, 1.54) is 0 Å². The van der Waals surface area contributed by atoms with Crippen LogP contribution in [-0.4, -0.2) is 11.7 Å². The Bertz CT molecular complexity index is 610. The van der Waals surface area contributed by atoms with Gasteiger partial charge >= 0.3 is 6.09 Å². The van der Waals surface area contributed by atoms with Gasteiger partial charge in [-0.1, -0.05) is 29.4 Å². The molecule has 1 atom stereocenters. The van der Waals surface area contributed by atoms with E-state index in [-0.39, 0.29) is 0 Å². The molecule has 0 fully saturated rings. The lowest BCUT2D eigenvalue weighted by Crippen LogP contribution is -2.34. The Hall–Kier alpha value is -2.46. The van der Waals surface area contributed by atoms with Crippen LogP contribution >= 0.6 is 0 Å². The average molecular weight is 272 g/mol. The Labute approximate surface area is 117 Å². The van der Waals surface area contributed by atoms with Crippen LogP contribution in [0.25, 0.3) is 16.5 Å². The number of carbonyl (C=O) groups is 1. The van der Waals surface area contributed by atoms with Crippen molar-refractivity contribution >= 4 is 12.2 Å². The molecule has 1 amide bonds.